The van der Waals surface area contributed by atoms with Crippen LogP contribution in [0.5, 0.6) is 0 Å². The molecule has 2 atom stereocenters. The highest BCUT2D eigenvalue weighted by Crippen LogP contribution is 2.39. The number of fused-ring (bicyclic) bond motifs is 1. The predicted octanol–water partition coefficient (Wildman–Crippen LogP) is 2.28. The van der Waals surface area contributed by atoms with E-state index in [2.05, 4.69) is 13.8 Å². The summed E-state index contributed by atoms with van der Waals surface area (Å²) in [6.07, 6.45) is 5.13. The summed E-state index contributed by atoms with van der Waals surface area (Å²) in [7, 11) is 0. The van der Waals surface area contributed by atoms with Gasteiger partial charge in [-0.25, -0.2) is 0 Å². The minimum absolute atomic E-state index is 0.251. The van der Waals surface area contributed by atoms with E-state index in [9.17, 15) is 9.90 Å². The maximum absolute atomic E-state index is 12.1. The third kappa shape index (κ3) is 3.21. The number of hydrogen-bond acceptors (Lipinski definition) is 3. The summed E-state index contributed by atoms with van der Waals surface area (Å²) in [5, 5.41) is 11.1. The van der Waals surface area contributed by atoms with Gasteiger partial charge in [0.05, 0.1) is 11.4 Å². The zero-order valence-corrected chi connectivity index (χ0v) is 12.3. The van der Waals surface area contributed by atoms with Crippen LogP contribution >= 0.6 is 11.8 Å². The van der Waals surface area contributed by atoms with E-state index in [0.717, 1.165) is 38.8 Å². The van der Waals surface area contributed by atoms with Crippen molar-refractivity contribution in [1.29, 1.82) is 0 Å². The summed E-state index contributed by atoms with van der Waals surface area (Å²) in [6.45, 7) is 5.75. The van der Waals surface area contributed by atoms with Crippen LogP contribution in [0.1, 0.15) is 46.0 Å². The lowest BCUT2D eigenvalue weighted by Gasteiger charge is -2.47. The van der Waals surface area contributed by atoms with Crippen LogP contribution in [-0.2, 0) is 4.79 Å². The van der Waals surface area contributed by atoms with Crippen LogP contribution in [0.25, 0.3) is 0 Å². The number of carbonyl (C=O) groups excluding carboxylic acids is 1. The Hall–Kier alpha value is -0.220. The molecule has 1 saturated heterocycles. The van der Waals surface area contributed by atoms with Gasteiger partial charge >= 0.3 is 0 Å². The first kappa shape index (κ1) is 14.2. The minimum atomic E-state index is -0.472. The summed E-state index contributed by atoms with van der Waals surface area (Å²) in [4.78, 5) is 14.1. The van der Waals surface area contributed by atoms with Crippen LogP contribution < -0.4 is 0 Å². The Bertz CT molecular complexity index is 308. The van der Waals surface area contributed by atoms with Gasteiger partial charge in [-0.2, -0.15) is 0 Å². The first-order valence-electron chi connectivity index (χ1n) is 7.13. The maximum atomic E-state index is 12.1. The van der Waals surface area contributed by atoms with Crippen molar-refractivity contribution < 1.29 is 9.90 Å². The zero-order valence-electron chi connectivity index (χ0n) is 11.5. The maximum Gasteiger partial charge on any atom is 0.232 e. The van der Waals surface area contributed by atoms with Gasteiger partial charge in [-0.1, -0.05) is 26.7 Å². The Kier molecular flexibility index (Phi) is 4.59. The summed E-state index contributed by atoms with van der Waals surface area (Å²) in [5.74, 6) is 1.15. The molecule has 0 radical (unpaired) electrons. The lowest BCUT2D eigenvalue weighted by molar-refractivity contribution is -0.140. The number of rotatable bonds is 3. The van der Waals surface area contributed by atoms with Gasteiger partial charge < -0.3 is 10.0 Å². The molecule has 2 unspecified atom stereocenters. The number of thioether (sulfide) groups is 1. The number of carbonyl (C=O) groups is 1. The fourth-order valence-electron chi connectivity index (χ4n) is 3.13. The molecule has 104 valence electrons. The van der Waals surface area contributed by atoms with Gasteiger partial charge in [0.2, 0.25) is 5.91 Å². The topological polar surface area (TPSA) is 40.5 Å². The lowest BCUT2D eigenvalue weighted by Crippen LogP contribution is -2.55. The average molecular weight is 271 g/mol. The highest BCUT2D eigenvalue weighted by molar-refractivity contribution is 8.00. The Morgan fingerprint density at radius 3 is 2.94 bits per heavy atom. The molecule has 18 heavy (non-hydrogen) atoms. The van der Waals surface area contributed by atoms with Crippen molar-refractivity contribution in [3.63, 3.8) is 0 Å². The van der Waals surface area contributed by atoms with Crippen molar-refractivity contribution in [1.82, 2.24) is 4.90 Å². The first-order chi connectivity index (χ1) is 8.51. The third-order valence-corrected chi connectivity index (χ3v) is 5.40. The van der Waals surface area contributed by atoms with Crippen LogP contribution in [-0.4, -0.2) is 45.6 Å². The van der Waals surface area contributed by atoms with E-state index < -0.39 is 5.60 Å². The van der Waals surface area contributed by atoms with Crippen LogP contribution in [0.3, 0.4) is 0 Å². The Morgan fingerprint density at radius 1 is 1.44 bits per heavy atom. The lowest BCUT2D eigenvalue weighted by atomic mass is 9.71. The van der Waals surface area contributed by atoms with E-state index in [-0.39, 0.29) is 5.91 Å². The minimum Gasteiger partial charge on any atom is -0.389 e. The summed E-state index contributed by atoms with van der Waals surface area (Å²) in [5.41, 5.74) is -0.472. The highest BCUT2D eigenvalue weighted by atomic mass is 32.2. The van der Waals surface area contributed by atoms with Gasteiger partial charge in [0, 0.05) is 19.0 Å². The molecule has 4 heteroatoms. The van der Waals surface area contributed by atoms with Crippen molar-refractivity contribution >= 4 is 17.7 Å². The summed E-state index contributed by atoms with van der Waals surface area (Å²) >= 11 is 1.71. The van der Waals surface area contributed by atoms with Gasteiger partial charge in [0.25, 0.3) is 0 Å². The van der Waals surface area contributed by atoms with E-state index in [1.54, 1.807) is 11.8 Å². The zero-order chi connectivity index (χ0) is 13.2. The van der Waals surface area contributed by atoms with Gasteiger partial charge in [-0.15, -0.1) is 11.8 Å². The van der Waals surface area contributed by atoms with E-state index in [1.807, 2.05) is 4.90 Å². The fraction of sp³-hybridized carbons (Fsp3) is 0.929. The molecule has 1 amide bonds. The Balaban J connectivity index is 1.88. The smallest absolute Gasteiger partial charge is 0.232 e. The van der Waals surface area contributed by atoms with E-state index in [4.69, 9.17) is 0 Å². The summed E-state index contributed by atoms with van der Waals surface area (Å²) in [6, 6.07) is 0. The van der Waals surface area contributed by atoms with Crippen LogP contribution in [0, 0.1) is 5.92 Å². The molecule has 1 saturated carbocycles. The molecule has 2 fully saturated rings. The molecule has 3 nitrogen and oxygen atoms in total. The molecule has 0 aromatic heterocycles. The van der Waals surface area contributed by atoms with Gasteiger partial charge in [-0.05, 0) is 24.5 Å². The third-order valence-electron chi connectivity index (χ3n) is 4.32. The quantitative estimate of drug-likeness (QED) is 0.856. The normalized spacial score (nSPS) is 32.4. The van der Waals surface area contributed by atoms with Crippen LogP contribution in [0.2, 0.25) is 0 Å². The summed E-state index contributed by atoms with van der Waals surface area (Å²) < 4.78 is 0. The Morgan fingerprint density at radius 2 is 2.22 bits per heavy atom. The van der Waals surface area contributed by atoms with Gasteiger partial charge in [-0.3, -0.25) is 4.79 Å². The molecular formula is C14H25NO2S. The molecule has 2 rings (SSSR count). The fourth-order valence-corrected chi connectivity index (χ4v) is 3.79. The molecular weight excluding hydrogens is 246 g/mol. The van der Waals surface area contributed by atoms with E-state index >= 15 is 0 Å². The van der Waals surface area contributed by atoms with Crippen molar-refractivity contribution in [3.8, 4) is 0 Å². The second-order valence-corrected chi connectivity index (χ2v) is 7.56. The van der Waals surface area contributed by atoms with Crippen LogP contribution in [0.4, 0.5) is 0 Å². The van der Waals surface area contributed by atoms with Crippen molar-refractivity contribution in [3.05, 3.63) is 0 Å². The van der Waals surface area contributed by atoms with E-state index in [0.29, 0.717) is 16.9 Å². The molecule has 0 aromatic rings. The van der Waals surface area contributed by atoms with Gasteiger partial charge in [0.1, 0.15) is 0 Å². The van der Waals surface area contributed by atoms with Crippen molar-refractivity contribution in [2.75, 3.05) is 18.8 Å². The number of likely N-dealkylation sites (tertiary alicyclic amines) is 1. The molecule has 2 aliphatic rings. The number of amides is 1. The number of piperidine rings is 1. The highest BCUT2D eigenvalue weighted by Gasteiger charge is 2.43. The number of hydrogen-bond donors (Lipinski definition) is 1. The largest absolute Gasteiger partial charge is 0.389 e. The second-order valence-electron chi connectivity index (χ2n) is 6.00. The molecule has 1 aliphatic heterocycles. The number of aliphatic hydroxyl groups is 1. The molecule has 0 bridgehead atoms. The predicted molar refractivity (Wildman–Crippen MR) is 75.7 cm³/mol. The van der Waals surface area contributed by atoms with Crippen molar-refractivity contribution in [2.45, 2.75) is 56.8 Å². The molecule has 1 aliphatic carbocycles. The first-order valence-corrected chi connectivity index (χ1v) is 8.18. The molecule has 1 heterocycles. The standard InChI is InChI=1S/C14H25NO2S/c1-11(2)18-10-13(16)15-8-7-14(17)6-4-3-5-12(14)9-15/h11-12,17H,3-10H2,1-2H3. The van der Waals surface area contributed by atoms with Gasteiger partial charge in [0.15, 0.2) is 0 Å². The molecule has 0 spiro atoms. The monoisotopic (exact) mass is 271 g/mol. The average Bonchev–Trinajstić information content (AvgIpc) is 2.34. The van der Waals surface area contributed by atoms with Crippen LogP contribution in [0.15, 0.2) is 0 Å². The van der Waals surface area contributed by atoms with E-state index in [1.165, 1.54) is 6.42 Å². The second kappa shape index (κ2) is 5.83. The SMILES string of the molecule is CC(C)SCC(=O)N1CCC2(O)CCCCC2C1. The van der Waals surface area contributed by atoms with Crippen molar-refractivity contribution in [2.24, 2.45) is 5.92 Å². The molecule has 1 N–H and O–H groups in total. The number of nitrogens with zero attached hydrogens (tertiary/aromatic N) is 1. The Labute approximate surface area is 114 Å². The molecule has 0 aromatic carbocycles.